The number of carbonyl (C=O) groups is 1. The van der Waals surface area contributed by atoms with Crippen molar-refractivity contribution in [2.75, 3.05) is 13.1 Å². The fraction of sp³-hybridized carbons (Fsp3) is 0.364. The highest BCUT2D eigenvalue weighted by atomic mass is 16.6. The number of piperidine rings is 1. The molecule has 0 aliphatic carbocycles. The third-order valence-electron chi connectivity index (χ3n) is 4.94. The minimum Gasteiger partial charge on any atom is -0.416 e. The maximum Gasteiger partial charge on any atom is 0.414 e. The molecule has 1 saturated heterocycles. The summed E-state index contributed by atoms with van der Waals surface area (Å²) in [6.07, 6.45) is 4.50. The van der Waals surface area contributed by atoms with Crippen molar-refractivity contribution in [3.8, 4) is 11.3 Å². The number of benzene rings is 1. The molecule has 27 heavy (non-hydrogen) atoms. The summed E-state index contributed by atoms with van der Waals surface area (Å²) >= 11 is 0. The van der Waals surface area contributed by atoms with Crippen molar-refractivity contribution in [3.63, 3.8) is 0 Å². The van der Waals surface area contributed by atoms with Gasteiger partial charge in [0.1, 0.15) is 0 Å². The average Bonchev–Trinajstić information content (AvgIpc) is 2.68. The van der Waals surface area contributed by atoms with E-state index in [1.165, 1.54) is 5.56 Å². The van der Waals surface area contributed by atoms with Crippen LogP contribution in [0, 0.1) is 5.92 Å². The second-order valence-corrected chi connectivity index (χ2v) is 7.16. The summed E-state index contributed by atoms with van der Waals surface area (Å²) in [5.74, 6) is 1.00. The second kappa shape index (κ2) is 8.82. The van der Waals surface area contributed by atoms with E-state index in [1.54, 1.807) is 11.8 Å². The predicted octanol–water partition coefficient (Wildman–Crippen LogP) is 4.13. The number of pyridine rings is 1. The van der Waals surface area contributed by atoms with Crippen molar-refractivity contribution in [1.82, 2.24) is 9.88 Å². The first-order chi connectivity index (χ1) is 13.0. The van der Waals surface area contributed by atoms with E-state index in [1.807, 2.05) is 18.3 Å². The van der Waals surface area contributed by atoms with E-state index in [-0.39, 0.29) is 6.09 Å². The van der Waals surface area contributed by atoms with Gasteiger partial charge in [-0.3, -0.25) is 4.98 Å². The van der Waals surface area contributed by atoms with Gasteiger partial charge in [-0.2, -0.15) is 0 Å². The average molecular weight is 365 g/mol. The van der Waals surface area contributed by atoms with Crippen LogP contribution < -0.4 is 5.73 Å². The van der Waals surface area contributed by atoms with Crippen LogP contribution in [0.15, 0.2) is 54.9 Å². The third kappa shape index (κ3) is 5.17. The normalized spacial score (nSPS) is 14.8. The van der Waals surface area contributed by atoms with E-state index in [0.29, 0.717) is 18.2 Å². The van der Waals surface area contributed by atoms with Crippen molar-refractivity contribution in [2.45, 2.75) is 32.7 Å². The lowest BCUT2D eigenvalue weighted by Gasteiger charge is -2.31. The summed E-state index contributed by atoms with van der Waals surface area (Å²) in [7, 11) is 0. The molecule has 0 atom stereocenters. The third-order valence-corrected chi connectivity index (χ3v) is 4.94. The lowest BCUT2D eigenvalue weighted by atomic mass is 9.89. The van der Waals surface area contributed by atoms with Gasteiger partial charge in [-0.15, -0.1) is 0 Å². The molecule has 2 N–H and O–H groups in total. The molecule has 1 fully saturated rings. The van der Waals surface area contributed by atoms with Crippen molar-refractivity contribution in [3.05, 3.63) is 66.1 Å². The van der Waals surface area contributed by atoms with Gasteiger partial charge in [-0.25, -0.2) is 4.79 Å². The Morgan fingerprint density at radius 1 is 1.26 bits per heavy atom. The Balaban J connectivity index is 1.61. The molecule has 1 aromatic carbocycles. The van der Waals surface area contributed by atoms with Crippen LogP contribution >= 0.6 is 0 Å². The van der Waals surface area contributed by atoms with Gasteiger partial charge < -0.3 is 15.4 Å². The summed E-state index contributed by atoms with van der Waals surface area (Å²) in [5, 5.41) is 0. The number of nitrogens with two attached hydrogens (primary N) is 1. The molecule has 0 spiro atoms. The Labute approximate surface area is 160 Å². The molecular weight excluding hydrogens is 338 g/mol. The molecule has 0 bridgehead atoms. The summed E-state index contributed by atoms with van der Waals surface area (Å²) in [5.41, 5.74) is 10.2. The Morgan fingerprint density at radius 3 is 2.74 bits per heavy atom. The van der Waals surface area contributed by atoms with Crippen LogP contribution in [0.25, 0.3) is 11.3 Å². The Bertz CT molecular complexity index is 811. The summed E-state index contributed by atoms with van der Waals surface area (Å²) in [4.78, 5) is 18.2. The molecule has 1 aliphatic rings. The number of amides is 1. The summed E-state index contributed by atoms with van der Waals surface area (Å²) < 4.78 is 5.10. The quantitative estimate of drug-likeness (QED) is 0.809. The van der Waals surface area contributed by atoms with E-state index in [9.17, 15) is 4.79 Å². The first-order valence-corrected chi connectivity index (χ1v) is 9.41. The minimum atomic E-state index is -0.284. The number of ether oxygens (including phenoxy) is 1. The highest BCUT2D eigenvalue weighted by Crippen LogP contribution is 2.25. The monoisotopic (exact) mass is 365 g/mol. The predicted molar refractivity (Wildman–Crippen MR) is 107 cm³/mol. The molecule has 1 amide bonds. The van der Waals surface area contributed by atoms with Crippen LogP contribution in [-0.4, -0.2) is 29.1 Å². The Kier molecular flexibility index (Phi) is 6.24. The molecule has 1 aromatic heterocycles. The number of aromatic nitrogens is 1. The summed E-state index contributed by atoms with van der Waals surface area (Å²) in [6, 6.07) is 12.5. The van der Waals surface area contributed by atoms with Gasteiger partial charge in [-0.1, -0.05) is 24.8 Å². The lowest BCUT2D eigenvalue weighted by Crippen LogP contribution is -2.39. The molecule has 142 valence electrons. The molecule has 5 heteroatoms. The number of likely N-dealkylation sites (tertiary alicyclic amines) is 1. The number of hydrogen-bond donors (Lipinski definition) is 1. The minimum absolute atomic E-state index is 0.284. The first kappa shape index (κ1) is 19.1. The molecular formula is C22H27N3O2. The van der Waals surface area contributed by atoms with Gasteiger partial charge in [0.2, 0.25) is 0 Å². The molecule has 0 unspecified atom stereocenters. The first-order valence-electron chi connectivity index (χ1n) is 9.41. The van der Waals surface area contributed by atoms with Crippen LogP contribution in [0.2, 0.25) is 0 Å². The van der Waals surface area contributed by atoms with Crippen LogP contribution in [-0.2, 0) is 17.7 Å². The SMILES string of the molecule is C=C(C)OC(=O)N1CCC(Cc2cccc(-c3cc(CN)ccn3)c2)CC1. The topological polar surface area (TPSA) is 68.5 Å². The van der Waals surface area contributed by atoms with E-state index in [4.69, 9.17) is 10.5 Å². The lowest BCUT2D eigenvalue weighted by molar-refractivity contribution is 0.111. The summed E-state index contributed by atoms with van der Waals surface area (Å²) in [6.45, 7) is 7.29. The van der Waals surface area contributed by atoms with Crippen molar-refractivity contribution < 1.29 is 9.53 Å². The zero-order valence-electron chi connectivity index (χ0n) is 15.9. The van der Waals surface area contributed by atoms with Gasteiger partial charge in [0.25, 0.3) is 0 Å². The standard InChI is InChI=1S/C22H27N3O2/c1-16(2)27-22(26)25-10-7-17(8-11-25)12-18-4-3-5-20(13-18)21-14-19(15-23)6-9-24-21/h3-6,9,13-14,17H,1,7-8,10-12,15,23H2,2H3. The Hall–Kier alpha value is -2.66. The maximum absolute atomic E-state index is 12.0. The molecule has 2 aromatic rings. The number of carbonyl (C=O) groups excluding carboxylic acids is 1. The van der Waals surface area contributed by atoms with Gasteiger partial charge in [0, 0.05) is 31.4 Å². The molecule has 0 saturated carbocycles. The van der Waals surface area contributed by atoms with Crippen molar-refractivity contribution >= 4 is 6.09 Å². The Morgan fingerprint density at radius 2 is 2.04 bits per heavy atom. The smallest absolute Gasteiger partial charge is 0.414 e. The number of allylic oxidation sites excluding steroid dienone is 1. The second-order valence-electron chi connectivity index (χ2n) is 7.16. The molecule has 5 nitrogen and oxygen atoms in total. The van der Waals surface area contributed by atoms with Gasteiger partial charge in [0.05, 0.1) is 11.5 Å². The highest BCUT2D eigenvalue weighted by molar-refractivity contribution is 5.68. The number of nitrogens with zero attached hydrogens (tertiary/aromatic N) is 2. The molecule has 2 heterocycles. The number of hydrogen-bond acceptors (Lipinski definition) is 4. The number of rotatable bonds is 5. The molecule has 3 rings (SSSR count). The van der Waals surface area contributed by atoms with E-state index < -0.39 is 0 Å². The van der Waals surface area contributed by atoms with Crippen LogP contribution in [0.1, 0.15) is 30.9 Å². The van der Waals surface area contributed by atoms with Gasteiger partial charge in [0.15, 0.2) is 0 Å². The van der Waals surface area contributed by atoms with Gasteiger partial charge in [-0.05, 0) is 61.4 Å². The van der Waals surface area contributed by atoms with E-state index in [2.05, 4.69) is 35.8 Å². The largest absolute Gasteiger partial charge is 0.416 e. The molecule has 1 aliphatic heterocycles. The van der Waals surface area contributed by atoms with E-state index >= 15 is 0 Å². The molecule has 0 radical (unpaired) electrons. The van der Waals surface area contributed by atoms with Crippen LogP contribution in [0.3, 0.4) is 0 Å². The highest BCUT2D eigenvalue weighted by Gasteiger charge is 2.24. The zero-order valence-corrected chi connectivity index (χ0v) is 15.9. The van der Waals surface area contributed by atoms with E-state index in [0.717, 1.165) is 49.2 Å². The fourth-order valence-corrected chi connectivity index (χ4v) is 3.48. The zero-order chi connectivity index (χ0) is 19.2. The van der Waals surface area contributed by atoms with Gasteiger partial charge >= 0.3 is 6.09 Å². The van der Waals surface area contributed by atoms with Crippen LogP contribution in [0.4, 0.5) is 4.79 Å². The van der Waals surface area contributed by atoms with Crippen molar-refractivity contribution in [2.24, 2.45) is 11.7 Å². The fourth-order valence-electron chi connectivity index (χ4n) is 3.48. The van der Waals surface area contributed by atoms with Crippen LogP contribution in [0.5, 0.6) is 0 Å². The van der Waals surface area contributed by atoms with Crippen molar-refractivity contribution in [1.29, 1.82) is 0 Å². The maximum atomic E-state index is 12.0.